The Morgan fingerprint density at radius 3 is 2.25 bits per heavy atom. The highest BCUT2D eigenvalue weighted by Crippen LogP contribution is 2.16. The third-order valence-electron chi connectivity index (χ3n) is 2.72. The minimum atomic E-state index is -1.95. The maximum absolute atomic E-state index is 12.0. The van der Waals surface area contributed by atoms with Crippen molar-refractivity contribution in [2.75, 3.05) is 13.2 Å². The molecule has 0 radical (unpaired) electrons. The van der Waals surface area contributed by atoms with Gasteiger partial charge in [0, 0.05) is 6.92 Å². The van der Waals surface area contributed by atoms with Gasteiger partial charge < -0.3 is 20.9 Å². The number of carbonyl (C=O) groups excluding carboxylic acids is 3. The summed E-state index contributed by atoms with van der Waals surface area (Å²) in [6, 6.07) is 0. The van der Waals surface area contributed by atoms with E-state index in [1.54, 1.807) is 0 Å². The molecule has 7 nitrogen and oxygen atoms in total. The number of nitrogens with two attached hydrogens (primary N) is 2. The molecule has 0 bridgehead atoms. The fourth-order valence-electron chi connectivity index (χ4n) is 1.50. The van der Waals surface area contributed by atoms with Gasteiger partial charge in [-0.15, -0.1) is 0 Å². The van der Waals surface area contributed by atoms with Crippen LogP contribution in [0.1, 0.15) is 46.0 Å². The summed E-state index contributed by atoms with van der Waals surface area (Å²) in [7, 11) is 0. The first kappa shape index (κ1) is 18.5. The van der Waals surface area contributed by atoms with Crippen molar-refractivity contribution in [2.45, 2.75) is 51.5 Å². The minimum absolute atomic E-state index is 0.0290. The first-order valence-electron chi connectivity index (χ1n) is 6.77. The van der Waals surface area contributed by atoms with Gasteiger partial charge in [0.25, 0.3) is 0 Å². The van der Waals surface area contributed by atoms with Crippen LogP contribution in [0.15, 0.2) is 0 Å². The lowest BCUT2D eigenvalue weighted by Gasteiger charge is -2.24. The monoisotopic (exact) mass is 288 g/mol. The maximum atomic E-state index is 12.0. The summed E-state index contributed by atoms with van der Waals surface area (Å²) in [5, 5.41) is 0. The highest BCUT2D eigenvalue weighted by Gasteiger charge is 2.45. The van der Waals surface area contributed by atoms with E-state index in [1.807, 2.05) is 6.92 Å². The van der Waals surface area contributed by atoms with Crippen molar-refractivity contribution in [1.29, 1.82) is 0 Å². The van der Waals surface area contributed by atoms with Gasteiger partial charge in [0.05, 0.1) is 6.61 Å². The molecule has 0 saturated carbocycles. The summed E-state index contributed by atoms with van der Waals surface area (Å²) >= 11 is 0. The van der Waals surface area contributed by atoms with Crippen LogP contribution in [-0.2, 0) is 23.9 Å². The molecule has 0 spiro atoms. The van der Waals surface area contributed by atoms with Crippen LogP contribution in [0.3, 0.4) is 0 Å². The van der Waals surface area contributed by atoms with Crippen LogP contribution in [0.2, 0.25) is 0 Å². The van der Waals surface area contributed by atoms with Crippen LogP contribution in [0, 0.1) is 0 Å². The van der Waals surface area contributed by atoms with Crippen molar-refractivity contribution < 1.29 is 23.9 Å². The van der Waals surface area contributed by atoms with Gasteiger partial charge in [-0.2, -0.15) is 0 Å². The van der Waals surface area contributed by atoms with Crippen LogP contribution in [0.4, 0.5) is 0 Å². The fraction of sp³-hybridized carbons (Fsp3) is 0.769. The van der Waals surface area contributed by atoms with Gasteiger partial charge in [0.1, 0.15) is 0 Å². The van der Waals surface area contributed by atoms with E-state index in [9.17, 15) is 14.4 Å². The molecule has 0 aromatic rings. The van der Waals surface area contributed by atoms with Gasteiger partial charge in [-0.3, -0.25) is 4.79 Å². The third kappa shape index (κ3) is 6.12. The zero-order valence-corrected chi connectivity index (χ0v) is 12.1. The zero-order chi connectivity index (χ0) is 15.6. The second-order valence-corrected chi connectivity index (χ2v) is 4.59. The average molecular weight is 288 g/mol. The highest BCUT2D eigenvalue weighted by atomic mass is 16.6. The maximum Gasteiger partial charge on any atom is 0.345 e. The zero-order valence-electron chi connectivity index (χ0n) is 12.1. The highest BCUT2D eigenvalue weighted by molar-refractivity contribution is 6.07. The topological polar surface area (TPSA) is 122 Å². The number of esters is 3. The predicted molar refractivity (Wildman–Crippen MR) is 72.5 cm³/mol. The quantitative estimate of drug-likeness (QED) is 0.354. The number of rotatable bonds is 9. The van der Waals surface area contributed by atoms with Crippen molar-refractivity contribution in [3.8, 4) is 0 Å². The molecule has 0 amide bonds. The van der Waals surface area contributed by atoms with Crippen molar-refractivity contribution in [3.05, 3.63) is 0 Å². The summed E-state index contributed by atoms with van der Waals surface area (Å²) in [5.41, 5.74) is 9.23. The lowest BCUT2D eigenvalue weighted by molar-refractivity contribution is -0.169. The summed E-state index contributed by atoms with van der Waals surface area (Å²) in [6.07, 6.45) is 2.61. The second kappa shape index (κ2) is 9.44. The Morgan fingerprint density at radius 1 is 1.10 bits per heavy atom. The molecule has 116 valence electrons. The number of unbranched alkanes of at least 4 members (excludes halogenated alkanes) is 2. The molecule has 0 aliphatic carbocycles. The van der Waals surface area contributed by atoms with E-state index < -0.39 is 23.4 Å². The van der Waals surface area contributed by atoms with Gasteiger partial charge in [0.15, 0.2) is 0 Å². The molecule has 0 heterocycles. The Bertz CT molecular complexity index is 346. The van der Waals surface area contributed by atoms with E-state index >= 15 is 0 Å². The molecule has 0 fully saturated rings. The van der Waals surface area contributed by atoms with Crippen molar-refractivity contribution >= 4 is 17.9 Å². The summed E-state index contributed by atoms with van der Waals surface area (Å²) < 4.78 is 9.41. The van der Waals surface area contributed by atoms with E-state index in [0.29, 0.717) is 25.8 Å². The fourth-order valence-corrected chi connectivity index (χ4v) is 1.50. The molecule has 20 heavy (non-hydrogen) atoms. The van der Waals surface area contributed by atoms with Crippen molar-refractivity contribution in [3.63, 3.8) is 0 Å². The van der Waals surface area contributed by atoms with Crippen LogP contribution < -0.4 is 11.5 Å². The molecular formula is C13H24N2O5. The van der Waals surface area contributed by atoms with E-state index in [2.05, 4.69) is 4.74 Å². The summed E-state index contributed by atoms with van der Waals surface area (Å²) in [5.74, 6) is -2.76. The normalized spacial score (nSPS) is 13.4. The molecule has 0 saturated heterocycles. The first-order chi connectivity index (χ1) is 9.38. The largest absolute Gasteiger partial charge is 0.464 e. The molecule has 0 aliphatic rings. The standard InChI is InChI=1S/C13H24N2O5/c1-3-4-9-19-11(17)13(15,7-5-6-8-14)12(18)20-10(2)16/h3-9,14-15H2,1-2H3/t13-/m1/s1. The number of carbonyl (C=O) groups is 3. The Balaban J connectivity index is 4.78. The van der Waals surface area contributed by atoms with E-state index in [0.717, 1.165) is 13.3 Å². The lowest BCUT2D eigenvalue weighted by atomic mass is 9.93. The molecule has 0 rings (SSSR count). The number of ether oxygens (including phenoxy) is 2. The lowest BCUT2D eigenvalue weighted by Crippen LogP contribution is -2.57. The molecule has 0 aromatic carbocycles. The smallest absolute Gasteiger partial charge is 0.345 e. The minimum Gasteiger partial charge on any atom is -0.464 e. The van der Waals surface area contributed by atoms with Gasteiger partial charge >= 0.3 is 17.9 Å². The van der Waals surface area contributed by atoms with Crippen LogP contribution in [-0.4, -0.2) is 36.6 Å². The molecule has 0 unspecified atom stereocenters. The van der Waals surface area contributed by atoms with E-state index in [-0.39, 0.29) is 13.0 Å². The first-order valence-corrected chi connectivity index (χ1v) is 6.77. The van der Waals surface area contributed by atoms with Gasteiger partial charge in [0.2, 0.25) is 5.54 Å². The van der Waals surface area contributed by atoms with Gasteiger partial charge in [-0.05, 0) is 32.2 Å². The van der Waals surface area contributed by atoms with E-state index in [4.69, 9.17) is 16.2 Å². The summed E-state index contributed by atoms with van der Waals surface area (Å²) in [4.78, 5) is 34.7. The summed E-state index contributed by atoms with van der Waals surface area (Å²) in [6.45, 7) is 3.61. The Hall–Kier alpha value is -1.47. The SMILES string of the molecule is CCCCOC(=O)[C@](N)(CCCCN)C(=O)OC(C)=O. The molecular weight excluding hydrogens is 264 g/mol. The molecule has 7 heteroatoms. The van der Waals surface area contributed by atoms with Crippen molar-refractivity contribution in [1.82, 2.24) is 0 Å². The molecule has 0 aromatic heterocycles. The third-order valence-corrected chi connectivity index (χ3v) is 2.72. The van der Waals surface area contributed by atoms with Crippen LogP contribution in [0.5, 0.6) is 0 Å². The van der Waals surface area contributed by atoms with E-state index in [1.165, 1.54) is 0 Å². The Kier molecular flexibility index (Phi) is 8.74. The van der Waals surface area contributed by atoms with Crippen LogP contribution in [0.25, 0.3) is 0 Å². The Labute approximate surface area is 119 Å². The molecule has 0 aliphatic heterocycles. The number of hydrogen-bond acceptors (Lipinski definition) is 7. The Morgan fingerprint density at radius 2 is 1.75 bits per heavy atom. The molecule has 1 atom stereocenters. The second-order valence-electron chi connectivity index (χ2n) is 4.59. The average Bonchev–Trinajstić information content (AvgIpc) is 2.38. The van der Waals surface area contributed by atoms with Crippen molar-refractivity contribution in [2.24, 2.45) is 11.5 Å². The van der Waals surface area contributed by atoms with Gasteiger partial charge in [-0.1, -0.05) is 13.3 Å². The van der Waals surface area contributed by atoms with Crippen LogP contribution >= 0.6 is 0 Å². The molecule has 4 N–H and O–H groups in total. The predicted octanol–water partition coefficient (Wildman–Crippen LogP) is 0.246. The van der Waals surface area contributed by atoms with Gasteiger partial charge in [-0.25, -0.2) is 9.59 Å². The number of hydrogen-bond donors (Lipinski definition) is 2.